The van der Waals surface area contributed by atoms with Gasteiger partial charge in [0.1, 0.15) is 5.01 Å². The van der Waals surface area contributed by atoms with Crippen LogP contribution in [0.1, 0.15) is 31.0 Å². The van der Waals surface area contributed by atoms with E-state index in [0.29, 0.717) is 19.0 Å². The number of nitrogens with one attached hydrogen (secondary N) is 2. The van der Waals surface area contributed by atoms with Crippen LogP contribution in [0, 0.1) is 6.92 Å². The Bertz CT molecular complexity index is 654. The second-order valence-electron chi connectivity index (χ2n) is 5.52. The van der Waals surface area contributed by atoms with Crippen molar-refractivity contribution < 1.29 is 9.53 Å². The quantitative estimate of drug-likeness (QED) is 0.814. The minimum Gasteiger partial charge on any atom is -0.383 e. The summed E-state index contributed by atoms with van der Waals surface area (Å²) in [6.07, 6.45) is 2.55. The third-order valence-corrected chi connectivity index (χ3v) is 4.82. The molecule has 23 heavy (non-hydrogen) atoms. The van der Waals surface area contributed by atoms with E-state index in [4.69, 9.17) is 4.74 Å². The average molecular weight is 337 g/mol. The molecule has 2 amide bonds. The summed E-state index contributed by atoms with van der Waals surface area (Å²) in [5.74, 6) is 0.507. The van der Waals surface area contributed by atoms with E-state index in [9.17, 15) is 4.79 Å². The first-order valence-electron chi connectivity index (χ1n) is 7.51. The number of aromatic nitrogens is 3. The summed E-state index contributed by atoms with van der Waals surface area (Å²) < 4.78 is 6.73. The summed E-state index contributed by atoms with van der Waals surface area (Å²) in [6, 6.07) is 1.46. The highest BCUT2D eigenvalue weighted by Crippen LogP contribution is 2.27. The van der Waals surface area contributed by atoms with Gasteiger partial charge in [-0.15, -0.1) is 11.3 Å². The first-order chi connectivity index (χ1) is 11.0. The minimum atomic E-state index is -0.498. The molecule has 0 aliphatic carbocycles. The molecule has 0 unspecified atom stereocenters. The number of ether oxygens (including phenoxy) is 1. The molecule has 0 spiro atoms. The summed E-state index contributed by atoms with van der Waals surface area (Å²) in [4.78, 5) is 16.8. The number of urea groups is 1. The van der Waals surface area contributed by atoms with E-state index >= 15 is 0 Å². The fourth-order valence-electron chi connectivity index (χ4n) is 2.04. The van der Waals surface area contributed by atoms with Gasteiger partial charge in [0.05, 0.1) is 18.7 Å². The van der Waals surface area contributed by atoms with E-state index in [2.05, 4.69) is 20.7 Å². The third-order valence-electron chi connectivity index (χ3n) is 3.59. The van der Waals surface area contributed by atoms with Gasteiger partial charge in [0.15, 0.2) is 5.82 Å². The highest BCUT2D eigenvalue weighted by atomic mass is 32.1. The summed E-state index contributed by atoms with van der Waals surface area (Å²) in [5, 5.41) is 12.9. The molecule has 1 atom stereocenters. The molecule has 8 heteroatoms. The fourth-order valence-corrected chi connectivity index (χ4v) is 3.02. The number of thiazole rings is 1. The highest BCUT2D eigenvalue weighted by Gasteiger charge is 2.29. The van der Waals surface area contributed by atoms with Crippen LogP contribution in [0.25, 0.3) is 0 Å². The van der Waals surface area contributed by atoms with Gasteiger partial charge in [-0.2, -0.15) is 5.10 Å². The molecule has 0 saturated heterocycles. The molecule has 0 fully saturated rings. The van der Waals surface area contributed by atoms with Gasteiger partial charge in [-0.05, 0) is 20.3 Å². The van der Waals surface area contributed by atoms with Gasteiger partial charge in [0, 0.05) is 30.4 Å². The summed E-state index contributed by atoms with van der Waals surface area (Å²) >= 11 is 1.56. The molecule has 0 bridgehead atoms. The standard InChI is InChI=1S/C15H23N5O2S/c1-5-15(3,13-16-11(2)10-23-13)18-14(21)17-12-6-7-20(19-12)8-9-22-4/h6-7,10H,5,8-9H2,1-4H3,(H2,17,18,19,21)/t15-/m1/s1. The third kappa shape index (κ3) is 4.52. The number of anilines is 1. The lowest BCUT2D eigenvalue weighted by molar-refractivity contribution is 0.183. The predicted molar refractivity (Wildman–Crippen MR) is 90.8 cm³/mol. The average Bonchev–Trinajstić information content (AvgIpc) is 3.14. The lowest BCUT2D eigenvalue weighted by atomic mass is 10.0. The first-order valence-corrected chi connectivity index (χ1v) is 8.39. The minimum absolute atomic E-state index is 0.292. The molecule has 0 aliphatic rings. The Balaban J connectivity index is 1.98. The monoisotopic (exact) mass is 337 g/mol. The van der Waals surface area contributed by atoms with E-state index in [-0.39, 0.29) is 6.03 Å². The van der Waals surface area contributed by atoms with Crippen molar-refractivity contribution in [3.63, 3.8) is 0 Å². The normalized spacial score (nSPS) is 13.6. The Kier molecular flexibility index (Phi) is 5.73. The van der Waals surface area contributed by atoms with Crippen molar-refractivity contribution in [2.75, 3.05) is 19.0 Å². The van der Waals surface area contributed by atoms with Crippen molar-refractivity contribution in [2.24, 2.45) is 0 Å². The van der Waals surface area contributed by atoms with Crippen molar-refractivity contribution in [1.82, 2.24) is 20.1 Å². The molecule has 0 aliphatic heterocycles. The van der Waals surface area contributed by atoms with Gasteiger partial charge >= 0.3 is 6.03 Å². The Morgan fingerprint density at radius 3 is 2.91 bits per heavy atom. The van der Waals surface area contributed by atoms with Crippen LogP contribution in [0.4, 0.5) is 10.6 Å². The van der Waals surface area contributed by atoms with Crippen molar-refractivity contribution in [3.05, 3.63) is 28.3 Å². The highest BCUT2D eigenvalue weighted by molar-refractivity contribution is 7.09. The van der Waals surface area contributed by atoms with Crippen LogP contribution in [0.15, 0.2) is 17.6 Å². The zero-order valence-electron chi connectivity index (χ0n) is 13.9. The number of methoxy groups -OCH3 is 1. The topological polar surface area (TPSA) is 81.1 Å². The zero-order valence-corrected chi connectivity index (χ0v) is 14.7. The molecule has 126 valence electrons. The number of hydrogen-bond acceptors (Lipinski definition) is 5. The lowest BCUT2D eigenvalue weighted by Gasteiger charge is -2.27. The molecule has 2 aromatic rings. The van der Waals surface area contributed by atoms with Gasteiger partial charge in [0.2, 0.25) is 0 Å². The van der Waals surface area contributed by atoms with Crippen LogP contribution in [0.2, 0.25) is 0 Å². The van der Waals surface area contributed by atoms with Gasteiger partial charge in [-0.25, -0.2) is 9.78 Å². The van der Waals surface area contributed by atoms with Gasteiger partial charge in [0.25, 0.3) is 0 Å². The van der Waals surface area contributed by atoms with E-state index in [0.717, 1.165) is 17.1 Å². The van der Waals surface area contributed by atoms with Crippen LogP contribution in [-0.4, -0.2) is 34.5 Å². The summed E-state index contributed by atoms with van der Waals surface area (Å²) in [7, 11) is 1.64. The van der Waals surface area contributed by atoms with Gasteiger partial charge in [-0.3, -0.25) is 10.00 Å². The number of hydrogen-bond donors (Lipinski definition) is 2. The number of aryl methyl sites for hydroxylation is 1. The van der Waals surface area contributed by atoms with Crippen molar-refractivity contribution in [2.45, 2.75) is 39.3 Å². The van der Waals surface area contributed by atoms with E-state index in [1.807, 2.05) is 26.2 Å². The second-order valence-corrected chi connectivity index (χ2v) is 6.37. The van der Waals surface area contributed by atoms with Crippen LogP contribution in [0.5, 0.6) is 0 Å². The van der Waals surface area contributed by atoms with Gasteiger partial charge in [-0.1, -0.05) is 6.92 Å². The number of amides is 2. The van der Waals surface area contributed by atoms with Crippen LogP contribution < -0.4 is 10.6 Å². The molecule has 2 rings (SSSR count). The van der Waals surface area contributed by atoms with Crippen LogP contribution >= 0.6 is 11.3 Å². The summed E-state index contributed by atoms with van der Waals surface area (Å²) in [5.41, 5.74) is 0.463. The molecule has 2 heterocycles. The van der Waals surface area contributed by atoms with Gasteiger partial charge < -0.3 is 10.1 Å². The molecule has 2 N–H and O–H groups in total. The van der Waals surface area contributed by atoms with Crippen molar-refractivity contribution >= 4 is 23.2 Å². The molecular formula is C15H23N5O2S. The maximum atomic E-state index is 12.3. The second kappa shape index (κ2) is 7.56. The predicted octanol–water partition coefficient (Wildman–Crippen LogP) is 2.74. The Morgan fingerprint density at radius 2 is 2.30 bits per heavy atom. The molecule has 2 aromatic heterocycles. The largest absolute Gasteiger partial charge is 0.383 e. The maximum absolute atomic E-state index is 12.3. The molecule has 0 saturated carbocycles. The smallest absolute Gasteiger partial charge is 0.321 e. The van der Waals surface area contributed by atoms with E-state index in [1.165, 1.54) is 0 Å². The number of rotatable bonds is 7. The molecular weight excluding hydrogens is 314 g/mol. The van der Waals surface area contributed by atoms with Crippen molar-refractivity contribution in [3.8, 4) is 0 Å². The number of nitrogens with zero attached hydrogens (tertiary/aromatic N) is 3. The van der Waals surface area contributed by atoms with E-state index in [1.54, 1.807) is 35.4 Å². The maximum Gasteiger partial charge on any atom is 0.321 e. The Labute approximate surface area is 140 Å². The fraction of sp³-hybridized carbons (Fsp3) is 0.533. The first kappa shape index (κ1) is 17.4. The Hall–Kier alpha value is -1.93. The zero-order chi connectivity index (χ0) is 16.9. The molecule has 7 nitrogen and oxygen atoms in total. The lowest BCUT2D eigenvalue weighted by Crippen LogP contribution is -2.45. The number of carbonyl (C=O) groups is 1. The number of carbonyl (C=O) groups excluding carboxylic acids is 1. The molecule has 0 aromatic carbocycles. The summed E-state index contributed by atoms with van der Waals surface area (Å²) in [6.45, 7) is 7.16. The Morgan fingerprint density at radius 1 is 1.52 bits per heavy atom. The van der Waals surface area contributed by atoms with Crippen LogP contribution in [0.3, 0.4) is 0 Å². The van der Waals surface area contributed by atoms with Crippen LogP contribution in [-0.2, 0) is 16.8 Å². The van der Waals surface area contributed by atoms with Crippen molar-refractivity contribution in [1.29, 1.82) is 0 Å². The molecule has 0 radical (unpaired) electrons. The van der Waals surface area contributed by atoms with E-state index < -0.39 is 5.54 Å². The SMILES string of the molecule is CC[C@@](C)(NC(=O)Nc1ccn(CCOC)n1)c1nc(C)cs1.